The summed E-state index contributed by atoms with van der Waals surface area (Å²) in [6.07, 6.45) is 1.51. The number of aromatic nitrogens is 2. The molecule has 1 heterocycles. The van der Waals surface area contributed by atoms with Crippen molar-refractivity contribution in [2.45, 2.75) is 6.92 Å². The average molecular weight is 369 g/mol. The van der Waals surface area contributed by atoms with E-state index in [9.17, 15) is 4.79 Å². The number of amides is 2. The van der Waals surface area contributed by atoms with Crippen molar-refractivity contribution in [3.8, 4) is 0 Å². The molecule has 0 fully saturated rings. The zero-order chi connectivity index (χ0) is 19.3. The minimum absolute atomic E-state index is 0.308. The molecule has 6 heteroatoms. The van der Waals surface area contributed by atoms with Gasteiger partial charge in [-0.05, 0) is 49.4 Å². The number of rotatable bonds is 4. The van der Waals surface area contributed by atoms with Crippen LogP contribution >= 0.6 is 0 Å². The SMILES string of the molecule is Cc1ccc(Nc2ncnc3cc(NC(=O)Nc4ccccc4)ccc23)cc1. The maximum atomic E-state index is 12.2. The van der Waals surface area contributed by atoms with Gasteiger partial charge in [0.05, 0.1) is 5.52 Å². The van der Waals surface area contributed by atoms with Crippen LogP contribution in [-0.2, 0) is 0 Å². The van der Waals surface area contributed by atoms with Crippen molar-refractivity contribution in [3.63, 3.8) is 0 Å². The first-order valence-electron chi connectivity index (χ1n) is 8.89. The molecule has 0 radical (unpaired) electrons. The lowest BCUT2D eigenvalue weighted by Crippen LogP contribution is -2.19. The molecule has 0 spiro atoms. The van der Waals surface area contributed by atoms with E-state index in [2.05, 4.69) is 25.9 Å². The van der Waals surface area contributed by atoms with Crippen LogP contribution in [0.5, 0.6) is 0 Å². The molecule has 4 aromatic rings. The number of benzene rings is 3. The highest BCUT2D eigenvalue weighted by Crippen LogP contribution is 2.25. The van der Waals surface area contributed by atoms with E-state index in [1.807, 2.05) is 79.7 Å². The van der Waals surface area contributed by atoms with Gasteiger partial charge in [0.1, 0.15) is 12.1 Å². The van der Waals surface area contributed by atoms with Crippen molar-refractivity contribution in [1.29, 1.82) is 0 Å². The molecule has 0 saturated heterocycles. The number of aryl methyl sites for hydroxylation is 1. The third kappa shape index (κ3) is 4.07. The fourth-order valence-electron chi connectivity index (χ4n) is 2.82. The van der Waals surface area contributed by atoms with E-state index >= 15 is 0 Å². The van der Waals surface area contributed by atoms with Gasteiger partial charge in [0.2, 0.25) is 0 Å². The molecular weight excluding hydrogens is 350 g/mol. The number of fused-ring (bicyclic) bond motifs is 1. The zero-order valence-corrected chi connectivity index (χ0v) is 15.3. The van der Waals surface area contributed by atoms with E-state index in [4.69, 9.17) is 0 Å². The van der Waals surface area contributed by atoms with E-state index in [1.54, 1.807) is 0 Å². The highest BCUT2D eigenvalue weighted by molar-refractivity contribution is 6.01. The minimum Gasteiger partial charge on any atom is -0.340 e. The number of hydrogen-bond acceptors (Lipinski definition) is 4. The molecule has 4 rings (SSSR count). The molecule has 6 nitrogen and oxygen atoms in total. The van der Waals surface area contributed by atoms with Crippen LogP contribution in [0.4, 0.5) is 27.7 Å². The third-order valence-electron chi connectivity index (χ3n) is 4.24. The molecule has 28 heavy (non-hydrogen) atoms. The maximum Gasteiger partial charge on any atom is 0.323 e. The normalized spacial score (nSPS) is 10.5. The predicted octanol–water partition coefficient (Wildman–Crippen LogP) is 5.33. The molecule has 0 bridgehead atoms. The van der Waals surface area contributed by atoms with Crippen molar-refractivity contribution in [2.24, 2.45) is 0 Å². The Kier molecular flexibility index (Phi) is 4.84. The second-order valence-electron chi connectivity index (χ2n) is 6.39. The summed E-state index contributed by atoms with van der Waals surface area (Å²) in [5, 5.41) is 9.81. The number of carbonyl (C=O) groups excluding carboxylic acids is 1. The summed E-state index contributed by atoms with van der Waals surface area (Å²) in [6.45, 7) is 2.05. The minimum atomic E-state index is -0.308. The van der Waals surface area contributed by atoms with Crippen molar-refractivity contribution in [2.75, 3.05) is 16.0 Å². The molecule has 0 unspecified atom stereocenters. The van der Waals surface area contributed by atoms with Gasteiger partial charge in [-0.25, -0.2) is 14.8 Å². The molecule has 0 aliphatic heterocycles. The van der Waals surface area contributed by atoms with Crippen LogP contribution in [0.2, 0.25) is 0 Å². The highest BCUT2D eigenvalue weighted by atomic mass is 16.2. The topological polar surface area (TPSA) is 78.9 Å². The molecule has 0 saturated carbocycles. The Bertz CT molecular complexity index is 1110. The molecule has 1 aromatic heterocycles. The molecule has 0 atom stereocenters. The van der Waals surface area contributed by atoms with Crippen LogP contribution in [0.15, 0.2) is 79.1 Å². The number of anilines is 4. The second kappa shape index (κ2) is 7.75. The lowest BCUT2D eigenvalue weighted by molar-refractivity contribution is 0.262. The molecular formula is C22H19N5O. The van der Waals surface area contributed by atoms with Gasteiger partial charge in [-0.3, -0.25) is 0 Å². The Balaban J connectivity index is 1.53. The van der Waals surface area contributed by atoms with Gasteiger partial charge in [0.25, 0.3) is 0 Å². The van der Waals surface area contributed by atoms with Crippen molar-refractivity contribution < 1.29 is 4.79 Å². The monoisotopic (exact) mass is 369 g/mol. The van der Waals surface area contributed by atoms with Gasteiger partial charge in [-0.15, -0.1) is 0 Å². The van der Waals surface area contributed by atoms with Crippen LogP contribution in [0, 0.1) is 6.92 Å². The van der Waals surface area contributed by atoms with E-state index in [-0.39, 0.29) is 6.03 Å². The van der Waals surface area contributed by atoms with Crippen LogP contribution in [0.3, 0.4) is 0 Å². The maximum absolute atomic E-state index is 12.2. The van der Waals surface area contributed by atoms with Gasteiger partial charge in [0.15, 0.2) is 0 Å². The van der Waals surface area contributed by atoms with Crippen LogP contribution in [0.1, 0.15) is 5.56 Å². The Morgan fingerprint density at radius 2 is 1.50 bits per heavy atom. The van der Waals surface area contributed by atoms with E-state index in [1.165, 1.54) is 11.9 Å². The molecule has 0 aliphatic carbocycles. The summed E-state index contributed by atoms with van der Waals surface area (Å²) in [5.74, 6) is 0.717. The Labute approximate surface area is 162 Å². The Hall–Kier alpha value is -3.93. The number of urea groups is 1. The predicted molar refractivity (Wildman–Crippen MR) is 113 cm³/mol. The summed E-state index contributed by atoms with van der Waals surface area (Å²) < 4.78 is 0. The number of carbonyl (C=O) groups is 1. The fraction of sp³-hybridized carbons (Fsp3) is 0.0455. The van der Waals surface area contributed by atoms with Crippen LogP contribution < -0.4 is 16.0 Å². The quantitative estimate of drug-likeness (QED) is 0.454. The average Bonchev–Trinajstić information content (AvgIpc) is 2.70. The standard InChI is InChI=1S/C22H19N5O/c1-15-7-9-17(10-8-15)25-21-19-12-11-18(13-20(19)23-14-24-21)27-22(28)26-16-5-3-2-4-6-16/h2-14H,1H3,(H,23,24,25)(H2,26,27,28). The molecule has 2 amide bonds. The van der Waals surface area contributed by atoms with Gasteiger partial charge in [-0.1, -0.05) is 35.9 Å². The smallest absolute Gasteiger partial charge is 0.323 e. The van der Waals surface area contributed by atoms with Gasteiger partial charge in [-0.2, -0.15) is 0 Å². The summed E-state index contributed by atoms with van der Waals surface area (Å²) in [5.41, 5.74) is 4.27. The fourth-order valence-corrected chi connectivity index (χ4v) is 2.82. The first-order valence-corrected chi connectivity index (χ1v) is 8.89. The number of nitrogens with one attached hydrogen (secondary N) is 3. The van der Waals surface area contributed by atoms with Crippen LogP contribution in [0.25, 0.3) is 10.9 Å². The van der Waals surface area contributed by atoms with Crippen molar-refractivity contribution >= 4 is 39.8 Å². The lowest BCUT2D eigenvalue weighted by atomic mass is 10.2. The third-order valence-corrected chi connectivity index (χ3v) is 4.24. The number of para-hydroxylation sites is 1. The zero-order valence-electron chi connectivity index (χ0n) is 15.3. The highest BCUT2D eigenvalue weighted by Gasteiger charge is 2.07. The number of nitrogens with zero attached hydrogens (tertiary/aromatic N) is 2. The van der Waals surface area contributed by atoms with Crippen molar-refractivity contribution in [3.05, 3.63) is 84.7 Å². The van der Waals surface area contributed by atoms with Gasteiger partial charge < -0.3 is 16.0 Å². The van der Waals surface area contributed by atoms with E-state index in [0.717, 1.165) is 22.3 Å². The largest absolute Gasteiger partial charge is 0.340 e. The van der Waals surface area contributed by atoms with E-state index in [0.29, 0.717) is 11.5 Å². The Morgan fingerprint density at radius 1 is 0.786 bits per heavy atom. The lowest BCUT2D eigenvalue weighted by Gasteiger charge is -2.11. The van der Waals surface area contributed by atoms with Crippen molar-refractivity contribution in [1.82, 2.24) is 9.97 Å². The first kappa shape index (κ1) is 17.5. The van der Waals surface area contributed by atoms with E-state index < -0.39 is 0 Å². The van der Waals surface area contributed by atoms with Gasteiger partial charge >= 0.3 is 6.03 Å². The Morgan fingerprint density at radius 3 is 2.29 bits per heavy atom. The first-order chi connectivity index (χ1) is 13.7. The summed E-state index contributed by atoms with van der Waals surface area (Å²) in [7, 11) is 0. The summed E-state index contributed by atoms with van der Waals surface area (Å²) in [6, 6.07) is 22.6. The van der Waals surface area contributed by atoms with Crippen LogP contribution in [-0.4, -0.2) is 16.0 Å². The summed E-state index contributed by atoms with van der Waals surface area (Å²) in [4.78, 5) is 20.9. The van der Waals surface area contributed by atoms with Gasteiger partial charge in [0, 0.05) is 22.4 Å². The molecule has 3 aromatic carbocycles. The summed E-state index contributed by atoms with van der Waals surface area (Å²) >= 11 is 0. The number of hydrogen-bond donors (Lipinski definition) is 3. The molecule has 0 aliphatic rings. The molecule has 3 N–H and O–H groups in total. The molecule has 138 valence electrons. The second-order valence-corrected chi connectivity index (χ2v) is 6.39.